The van der Waals surface area contributed by atoms with Crippen molar-refractivity contribution in [2.75, 3.05) is 13.2 Å². The third-order valence-corrected chi connectivity index (χ3v) is 3.38. The monoisotopic (exact) mass is 283 g/mol. The highest BCUT2D eigenvalue weighted by molar-refractivity contribution is 5.67. The number of alkyl carbamates (subject to hydrolysis) is 1. The van der Waals surface area contributed by atoms with Crippen molar-refractivity contribution < 1.29 is 9.53 Å². The smallest absolute Gasteiger partial charge is 0.407 e. The van der Waals surface area contributed by atoms with Crippen LogP contribution in [0.15, 0.2) is 60.7 Å². The van der Waals surface area contributed by atoms with Gasteiger partial charge in [-0.05, 0) is 24.5 Å². The number of carbonyl (C=O) groups excluding carboxylic acids is 1. The molecule has 0 aliphatic carbocycles. The first kappa shape index (κ1) is 15.1. The maximum atomic E-state index is 11.4. The van der Waals surface area contributed by atoms with E-state index in [0.717, 1.165) is 6.42 Å². The second kappa shape index (κ2) is 8.10. The average Bonchev–Trinajstić information content (AvgIpc) is 2.53. The van der Waals surface area contributed by atoms with Crippen LogP contribution in [0.25, 0.3) is 0 Å². The third-order valence-electron chi connectivity index (χ3n) is 3.38. The second-order valence-electron chi connectivity index (χ2n) is 4.81. The van der Waals surface area contributed by atoms with Crippen molar-refractivity contribution in [1.82, 2.24) is 5.32 Å². The Morgan fingerprint density at radius 2 is 1.52 bits per heavy atom. The van der Waals surface area contributed by atoms with Crippen LogP contribution < -0.4 is 5.32 Å². The highest BCUT2D eigenvalue weighted by Gasteiger charge is 2.14. The van der Waals surface area contributed by atoms with Crippen LogP contribution in [0.1, 0.15) is 30.4 Å². The van der Waals surface area contributed by atoms with Crippen molar-refractivity contribution in [3.63, 3.8) is 0 Å². The number of benzene rings is 2. The number of nitrogens with one attached hydrogen (secondary N) is 1. The molecule has 2 aromatic rings. The Bertz CT molecular complexity index is 500. The number of rotatable bonds is 6. The summed E-state index contributed by atoms with van der Waals surface area (Å²) in [5.74, 6) is 0.273. The summed E-state index contributed by atoms with van der Waals surface area (Å²) >= 11 is 0. The van der Waals surface area contributed by atoms with Gasteiger partial charge in [0.05, 0.1) is 6.61 Å². The van der Waals surface area contributed by atoms with Crippen LogP contribution in [0.4, 0.5) is 4.79 Å². The molecule has 0 heterocycles. The Morgan fingerprint density at radius 1 is 1.00 bits per heavy atom. The summed E-state index contributed by atoms with van der Waals surface area (Å²) in [7, 11) is 0. The van der Waals surface area contributed by atoms with Gasteiger partial charge in [-0.1, -0.05) is 60.7 Å². The molecule has 2 rings (SSSR count). The maximum Gasteiger partial charge on any atom is 0.407 e. The molecule has 2 aromatic carbocycles. The van der Waals surface area contributed by atoms with Gasteiger partial charge in [-0.2, -0.15) is 0 Å². The van der Waals surface area contributed by atoms with Gasteiger partial charge in [-0.15, -0.1) is 0 Å². The lowest BCUT2D eigenvalue weighted by molar-refractivity contribution is 0.152. The SMILES string of the molecule is CCOC(=O)NCCC(c1ccccc1)c1ccccc1. The van der Waals surface area contributed by atoms with Crippen molar-refractivity contribution in [2.24, 2.45) is 0 Å². The van der Waals surface area contributed by atoms with Crippen molar-refractivity contribution in [3.8, 4) is 0 Å². The Labute approximate surface area is 126 Å². The van der Waals surface area contributed by atoms with E-state index in [9.17, 15) is 4.79 Å². The highest BCUT2D eigenvalue weighted by atomic mass is 16.5. The minimum Gasteiger partial charge on any atom is -0.450 e. The molecule has 0 spiro atoms. The van der Waals surface area contributed by atoms with Gasteiger partial charge in [-0.3, -0.25) is 0 Å². The molecule has 3 heteroatoms. The van der Waals surface area contributed by atoms with Gasteiger partial charge < -0.3 is 10.1 Å². The van der Waals surface area contributed by atoms with Crippen molar-refractivity contribution in [1.29, 1.82) is 0 Å². The predicted octanol–water partition coefficient (Wildman–Crippen LogP) is 3.95. The zero-order valence-corrected chi connectivity index (χ0v) is 12.3. The van der Waals surface area contributed by atoms with E-state index in [2.05, 4.69) is 29.6 Å². The normalized spacial score (nSPS) is 10.4. The van der Waals surface area contributed by atoms with Crippen LogP contribution in [0.2, 0.25) is 0 Å². The molecular formula is C18H21NO2. The van der Waals surface area contributed by atoms with E-state index in [0.29, 0.717) is 13.2 Å². The average molecular weight is 283 g/mol. The van der Waals surface area contributed by atoms with E-state index < -0.39 is 0 Å². The lowest BCUT2D eigenvalue weighted by Crippen LogP contribution is -2.26. The summed E-state index contributed by atoms with van der Waals surface area (Å²) in [5.41, 5.74) is 2.52. The zero-order chi connectivity index (χ0) is 14.9. The minimum atomic E-state index is -0.350. The molecule has 0 aliphatic rings. The van der Waals surface area contributed by atoms with Gasteiger partial charge in [0.1, 0.15) is 0 Å². The van der Waals surface area contributed by atoms with Gasteiger partial charge in [0, 0.05) is 12.5 Å². The topological polar surface area (TPSA) is 38.3 Å². The van der Waals surface area contributed by atoms with E-state index in [4.69, 9.17) is 4.74 Å². The van der Waals surface area contributed by atoms with E-state index in [-0.39, 0.29) is 12.0 Å². The Hall–Kier alpha value is -2.29. The number of carbonyl (C=O) groups is 1. The summed E-state index contributed by atoms with van der Waals surface area (Å²) < 4.78 is 4.89. The summed E-state index contributed by atoms with van der Waals surface area (Å²) in [6.07, 6.45) is 0.490. The second-order valence-corrected chi connectivity index (χ2v) is 4.81. The number of hydrogen-bond donors (Lipinski definition) is 1. The molecule has 0 saturated heterocycles. The van der Waals surface area contributed by atoms with Gasteiger partial charge in [0.2, 0.25) is 0 Å². The van der Waals surface area contributed by atoms with E-state index in [1.165, 1.54) is 11.1 Å². The first-order chi connectivity index (χ1) is 10.3. The lowest BCUT2D eigenvalue weighted by atomic mass is 9.88. The van der Waals surface area contributed by atoms with Crippen molar-refractivity contribution in [3.05, 3.63) is 71.8 Å². The fourth-order valence-corrected chi connectivity index (χ4v) is 2.40. The Morgan fingerprint density at radius 3 is 2.00 bits per heavy atom. The molecular weight excluding hydrogens is 262 g/mol. The standard InChI is InChI=1S/C18H21NO2/c1-2-21-18(20)19-14-13-17(15-9-5-3-6-10-15)16-11-7-4-8-12-16/h3-12,17H,2,13-14H2,1H3,(H,19,20). The van der Waals surface area contributed by atoms with Crippen molar-refractivity contribution >= 4 is 6.09 Å². The minimum absolute atomic E-state index is 0.273. The Balaban J connectivity index is 2.05. The Kier molecular flexibility index (Phi) is 5.83. The van der Waals surface area contributed by atoms with Crippen LogP contribution in [0.5, 0.6) is 0 Å². The van der Waals surface area contributed by atoms with Crippen LogP contribution in [-0.4, -0.2) is 19.2 Å². The first-order valence-corrected chi connectivity index (χ1v) is 7.31. The van der Waals surface area contributed by atoms with Gasteiger partial charge in [0.15, 0.2) is 0 Å². The summed E-state index contributed by atoms with van der Waals surface area (Å²) in [6, 6.07) is 20.7. The molecule has 0 saturated carbocycles. The van der Waals surface area contributed by atoms with Crippen LogP contribution in [0.3, 0.4) is 0 Å². The molecule has 0 radical (unpaired) electrons. The number of hydrogen-bond acceptors (Lipinski definition) is 2. The van der Waals surface area contributed by atoms with Gasteiger partial charge >= 0.3 is 6.09 Å². The number of ether oxygens (including phenoxy) is 1. The molecule has 0 unspecified atom stereocenters. The molecule has 0 atom stereocenters. The largest absolute Gasteiger partial charge is 0.450 e. The molecule has 0 aliphatic heterocycles. The fraction of sp³-hybridized carbons (Fsp3) is 0.278. The summed E-state index contributed by atoms with van der Waals surface area (Å²) in [6.45, 7) is 2.79. The molecule has 0 fully saturated rings. The maximum absolute atomic E-state index is 11.4. The van der Waals surface area contributed by atoms with Gasteiger partial charge in [0.25, 0.3) is 0 Å². The quantitative estimate of drug-likeness (QED) is 0.871. The van der Waals surface area contributed by atoms with E-state index >= 15 is 0 Å². The number of amides is 1. The van der Waals surface area contributed by atoms with E-state index in [1.54, 1.807) is 6.92 Å². The highest BCUT2D eigenvalue weighted by Crippen LogP contribution is 2.27. The predicted molar refractivity (Wildman–Crippen MR) is 84.4 cm³/mol. The summed E-state index contributed by atoms with van der Waals surface area (Å²) in [5, 5.41) is 2.79. The molecule has 0 aromatic heterocycles. The molecule has 110 valence electrons. The molecule has 0 bridgehead atoms. The lowest BCUT2D eigenvalue weighted by Gasteiger charge is -2.18. The van der Waals surface area contributed by atoms with E-state index in [1.807, 2.05) is 36.4 Å². The van der Waals surface area contributed by atoms with Crippen molar-refractivity contribution in [2.45, 2.75) is 19.3 Å². The zero-order valence-electron chi connectivity index (χ0n) is 12.3. The summed E-state index contributed by atoms with van der Waals surface area (Å²) in [4.78, 5) is 11.4. The molecule has 21 heavy (non-hydrogen) atoms. The van der Waals surface area contributed by atoms with Crippen LogP contribution >= 0.6 is 0 Å². The van der Waals surface area contributed by atoms with Crippen LogP contribution in [-0.2, 0) is 4.74 Å². The van der Waals surface area contributed by atoms with Crippen LogP contribution in [0, 0.1) is 0 Å². The first-order valence-electron chi connectivity index (χ1n) is 7.31. The van der Waals surface area contributed by atoms with Gasteiger partial charge in [-0.25, -0.2) is 4.79 Å². The molecule has 1 amide bonds. The fourth-order valence-electron chi connectivity index (χ4n) is 2.40. The molecule has 1 N–H and O–H groups in total. The third kappa shape index (κ3) is 4.63. The molecule has 3 nitrogen and oxygen atoms in total.